The van der Waals surface area contributed by atoms with E-state index in [9.17, 15) is 14.0 Å². The Hall–Kier alpha value is -3.32. The summed E-state index contributed by atoms with van der Waals surface area (Å²) < 4.78 is 13.0. The van der Waals surface area contributed by atoms with E-state index in [1.807, 2.05) is 19.2 Å². The van der Waals surface area contributed by atoms with Crippen LogP contribution >= 0.6 is 11.3 Å². The van der Waals surface area contributed by atoms with Gasteiger partial charge in [0, 0.05) is 41.4 Å². The predicted octanol–water partition coefficient (Wildman–Crippen LogP) is 5.08. The van der Waals surface area contributed by atoms with Crippen molar-refractivity contribution in [3.63, 3.8) is 0 Å². The highest BCUT2D eigenvalue weighted by Gasteiger charge is 2.12. The number of carbonyl (C=O) groups excluding carboxylic acids is 2. The number of nitrogens with one attached hydrogen (secondary N) is 1. The fourth-order valence-corrected chi connectivity index (χ4v) is 3.62. The molecule has 0 fully saturated rings. The summed E-state index contributed by atoms with van der Waals surface area (Å²) in [5.41, 5.74) is 2.66. The van der Waals surface area contributed by atoms with Crippen LogP contribution in [-0.2, 0) is 4.79 Å². The second kappa shape index (κ2) is 9.93. The Morgan fingerprint density at radius 3 is 2.37 bits per heavy atom. The normalized spacial score (nSPS) is 10.9. The Morgan fingerprint density at radius 1 is 1.07 bits per heavy atom. The predicted molar refractivity (Wildman–Crippen MR) is 119 cm³/mol. The van der Waals surface area contributed by atoms with Gasteiger partial charge < -0.3 is 10.2 Å². The smallest absolute Gasteiger partial charge is 0.253 e. The van der Waals surface area contributed by atoms with Gasteiger partial charge in [0.15, 0.2) is 0 Å². The summed E-state index contributed by atoms with van der Waals surface area (Å²) in [6, 6.07) is 12.9. The van der Waals surface area contributed by atoms with E-state index in [1.165, 1.54) is 29.5 Å². The molecule has 2 aromatic carbocycles. The Kier molecular flexibility index (Phi) is 7.08. The molecule has 0 atom stereocenters. The van der Waals surface area contributed by atoms with Crippen LogP contribution in [0.15, 0.2) is 60.0 Å². The number of halogens is 1. The molecule has 1 N–H and O–H groups in total. The molecule has 1 aromatic heterocycles. The van der Waals surface area contributed by atoms with Crippen molar-refractivity contribution >= 4 is 34.9 Å². The lowest BCUT2D eigenvalue weighted by Gasteiger charge is -2.18. The van der Waals surface area contributed by atoms with Gasteiger partial charge in [-0.3, -0.25) is 9.59 Å². The van der Waals surface area contributed by atoms with Gasteiger partial charge in [0.05, 0.1) is 5.69 Å². The summed E-state index contributed by atoms with van der Waals surface area (Å²) in [6.45, 7) is 5.18. The Balaban J connectivity index is 1.60. The van der Waals surface area contributed by atoms with Crippen LogP contribution in [0.3, 0.4) is 0 Å². The Bertz CT molecular complexity index is 1040. The number of thiazole rings is 1. The summed E-state index contributed by atoms with van der Waals surface area (Å²) in [6.07, 6.45) is 3.02. The van der Waals surface area contributed by atoms with E-state index < -0.39 is 0 Å². The molecule has 0 aliphatic rings. The van der Waals surface area contributed by atoms with E-state index in [0.29, 0.717) is 30.0 Å². The van der Waals surface area contributed by atoms with Crippen LogP contribution in [0, 0.1) is 5.82 Å². The maximum absolute atomic E-state index is 13.0. The van der Waals surface area contributed by atoms with Crippen molar-refractivity contribution in [2.45, 2.75) is 13.8 Å². The second-order valence-electron chi connectivity index (χ2n) is 6.46. The van der Waals surface area contributed by atoms with Crippen LogP contribution in [0.5, 0.6) is 0 Å². The first kappa shape index (κ1) is 21.4. The van der Waals surface area contributed by atoms with Crippen molar-refractivity contribution in [1.29, 1.82) is 0 Å². The molecule has 0 saturated heterocycles. The van der Waals surface area contributed by atoms with E-state index in [2.05, 4.69) is 10.3 Å². The van der Waals surface area contributed by atoms with E-state index in [0.717, 1.165) is 10.6 Å². The largest absolute Gasteiger partial charge is 0.339 e. The van der Waals surface area contributed by atoms with Crippen molar-refractivity contribution in [3.8, 4) is 10.6 Å². The van der Waals surface area contributed by atoms with Crippen LogP contribution in [-0.4, -0.2) is 34.8 Å². The molecule has 0 saturated carbocycles. The molecule has 154 valence electrons. The number of benzene rings is 2. The van der Waals surface area contributed by atoms with Gasteiger partial charge >= 0.3 is 0 Å². The lowest BCUT2D eigenvalue weighted by molar-refractivity contribution is -0.111. The molecule has 0 bridgehead atoms. The van der Waals surface area contributed by atoms with E-state index in [-0.39, 0.29) is 17.6 Å². The van der Waals surface area contributed by atoms with Crippen molar-refractivity contribution in [2.75, 3.05) is 18.4 Å². The van der Waals surface area contributed by atoms with Crippen LogP contribution in [0.25, 0.3) is 16.6 Å². The van der Waals surface area contributed by atoms with Gasteiger partial charge in [-0.2, -0.15) is 0 Å². The fraction of sp³-hybridized carbons (Fsp3) is 0.174. The number of hydrogen-bond acceptors (Lipinski definition) is 4. The maximum Gasteiger partial charge on any atom is 0.253 e. The fourth-order valence-electron chi connectivity index (χ4n) is 2.82. The number of aromatic nitrogens is 1. The molecule has 30 heavy (non-hydrogen) atoms. The number of nitrogens with zero attached hydrogens (tertiary/aromatic N) is 2. The van der Waals surface area contributed by atoms with Crippen molar-refractivity contribution in [2.24, 2.45) is 0 Å². The summed E-state index contributed by atoms with van der Waals surface area (Å²) in [4.78, 5) is 30.7. The first-order valence-corrected chi connectivity index (χ1v) is 10.5. The van der Waals surface area contributed by atoms with Crippen LogP contribution in [0.4, 0.5) is 10.1 Å². The minimum Gasteiger partial charge on any atom is -0.339 e. The minimum atomic E-state index is -0.297. The molecule has 0 radical (unpaired) electrons. The standard InChI is InChI=1S/C23H22FN3O2S/c1-3-27(4-2)23(29)17-7-11-19(12-8-17)25-21(28)14-13-20-15-30-22(26-20)16-5-9-18(24)10-6-16/h5-15H,3-4H2,1-2H3,(H,25,28)/b14-13+. The lowest BCUT2D eigenvalue weighted by Crippen LogP contribution is -2.30. The minimum absolute atomic E-state index is 0.0294. The molecule has 5 nitrogen and oxygen atoms in total. The van der Waals surface area contributed by atoms with Gasteiger partial charge in [0.2, 0.25) is 5.91 Å². The molecular formula is C23H22FN3O2S. The molecule has 2 amide bonds. The lowest BCUT2D eigenvalue weighted by atomic mass is 10.1. The average molecular weight is 424 g/mol. The summed E-state index contributed by atoms with van der Waals surface area (Å²) in [5.74, 6) is -0.620. The molecule has 0 aliphatic heterocycles. The molecule has 3 rings (SSSR count). The Labute approximate surface area is 178 Å². The van der Waals surface area contributed by atoms with Gasteiger partial charge in [-0.05, 0) is 68.5 Å². The topological polar surface area (TPSA) is 62.3 Å². The second-order valence-corrected chi connectivity index (χ2v) is 7.32. The SMILES string of the molecule is CCN(CC)C(=O)c1ccc(NC(=O)/C=C/c2csc(-c3ccc(F)cc3)n2)cc1. The number of amides is 2. The molecular weight excluding hydrogens is 401 g/mol. The van der Waals surface area contributed by atoms with Gasteiger partial charge in [-0.1, -0.05) is 0 Å². The Morgan fingerprint density at radius 2 is 1.73 bits per heavy atom. The van der Waals surface area contributed by atoms with Crippen LogP contribution in [0.1, 0.15) is 29.9 Å². The van der Waals surface area contributed by atoms with Crippen molar-refractivity contribution in [3.05, 3.63) is 77.1 Å². The number of rotatable bonds is 7. The van der Waals surface area contributed by atoms with Gasteiger partial charge in [0.25, 0.3) is 5.91 Å². The molecule has 1 heterocycles. The molecule has 0 aliphatic carbocycles. The van der Waals surface area contributed by atoms with Crippen molar-refractivity contribution in [1.82, 2.24) is 9.88 Å². The van der Waals surface area contributed by atoms with E-state index in [4.69, 9.17) is 0 Å². The molecule has 0 unspecified atom stereocenters. The highest BCUT2D eigenvalue weighted by Crippen LogP contribution is 2.24. The van der Waals surface area contributed by atoms with Gasteiger partial charge in [-0.15, -0.1) is 11.3 Å². The number of carbonyl (C=O) groups is 2. The van der Waals surface area contributed by atoms with Crippen LogP contribution in [0.2, 0.25) is 0 Å². The zero-order valence-electron chi connectivity index (χ0n) is 16.8. The summed E-state index contributed by atoms with van der Waals surface area (Å²) >= 11 is 1.42. The third-order valence-corrected chi connectivity index (χ3v) is 5.38. The highest BCUT2D eigenvalue weighted by molar-refractivity contribution is 7.13. The summed E-state index contributed by atoms with van der Waals surface area (Å²) in [5, 5.41) is 5.35. The monoisotopic (exact) mass is 423 g/mol. The summed E-state index contributed by atoms with van der Waals surface area (Å²) in [7, 11) is 0. The first-order chi connectivity index (χ1) is 14.5. The third kappa shape index (κ3) is 5.39. The van der Waals surface area contributed by atoms with Gasteiger partial charge in [0.1, 0.15) is 10.8 Å². The molecule has 0 spiro atoms. The van der Waals surface area contributed by atoms with E-state index >= 15 is 0 Å². The van der Waals surface area contributed by atoms with Crippen molar-refractivity contribution < 1.29 is 14.0 Å². The third-order valence-electron chi connectivity index (χ3n) is 4.47. The zero-order valence-corrected chi connectivity index (χ0v) is 17.6. The maximum atomic E-state index is 13.0. The quantitative estimate of drug-likeness (QED) is 0.539. The number of anilines is 1. The highest BCUT2D eigenvalue weighted by atomic mass is 32.1. The van der Waals surface area contributed by atoms with Gasteiger partial charge in [-0.25, -0.2) is 9.37 Å². The molecule has 3 aromatic rings. The number of hydrogen-bond donors (Lipinski definition) is 1. The van der Waals surface area contributed by atoms with E-state index in [1.54, 1.807) is 47.4 Å². The zero-order chi connectivity index (χ0) is 21.5. The van der Waals surface area contributed by atoms with Crippen LogP contribution < -0.4 is 5.32 Å². The molecule has 7 heteroatoms. The average Bonchev–Trinajstić information content (AvgIpc) is 3.23. The first-order valence-electron chi connectivity index (χ1n) is 9.60.